The van der Waals surface area contributed by atoms with E-state index in [4.69, 9.17) is 11.6 Å². The number of nitrogens with zero attached hydrogens (tertiary/aromatic N) is 4. The normalized spacial score (nSPS) is 9.94. The molecule has 2 aromatic rings. The summed E-state index contributed by atoms with van der Waals surface area (Å²) in [6, 6.07) is 3.58. The smallest absolute Gasteiger partial charge is 0.156 e. The minimum Gasteiger partial charge on any atom is -0.364 e. The molecule has 0 aromatic carbocycles. The van der Waals surface area contributed by atoms with E-state index in [2.05, 4.69) is 25.5 Å². The van der Waals surface area contributed by atoms with Crippen LogP contribution in [0.15, 0.2) is 24.7 Å². The highest BCUT2D eigenvalue weighted by atomic mass is 35.5. The van der Waals surface area contributed by atoms with Crippen molar-refractivity contribution in [1.29, 1.82) is 0 Å². The lowest BCUT2D eigenvalue weighted by atomic mass is 10.3. The van der Waals surface area contributed by atoms with E-state index in [0.717, 1.165) is 5.69 Å². The van der Waals surface area contributed by atoms with Crippen molar-refractivity contribution in [3.8, 4) is 0 Å². The maximum absolute atomic E-state index is 10.8. The van der Waals surface area contributed by atoms with E-state index in [0.29, 0.717) is 18.6 Å². The number of aromatic nitrogens is 4. The van der Waals surface area contributed by atoms with Gasteiger partial charge in [0.1, 0.15) is 17.3 Å². The molecule has 0 amide bonds. The van der Waals surface area contributed by atoms with Crippen LogP contribution in [0, 0.1) is 0 Å². The summed E-state index contributed by atoms with van der Waals surface area (Å²) >= 11 is 5.76. The molecule has 2 heterocycles. The van der Waals surface area contributed by atoms with Crippen LogP contribution in [0.2, 0.25) is 5.15 Å². The van der Waals surface area contributed by atoms with Gasteiger partial charge in [0.15, 0.2) is 6.29 Å². The lowest BCUT2D eigenvalue weighted by Gasteiger charge is -2.06. The molecule has 17 heavy (non-hydrogen) atoms. The number of anilines is 1. The number of hydrogen-bond acceptors (Lipinski definition) is 6. The van der Waals surface area contributed by atoms with Crippen molar-refractivity contribution in [2.45, 2.75) is 6.54 Å². The molecule has 0 bridgehead atoms. The van der Waals surface area contributed by atoms with Gasteiger partial charge in [-0.1, -0.05) is 11.6 Å². The molecule has 0 fully saturated rings. The van der Waals surface area contributed by atoms with E-state index in [1.165, 1.54) is 6.33 Å². The number of hydrogen-bond donors (Lipinski definition) is 1. The summed E-state index contributed by atoms with van der Waals surface area (Å²) in [6.07, 6.45) is 3.48. The van der Waals surface area contributed by atoms with Gasteiger partial charge in [0.2, 0.25) is 0 Å². The SMILES string of the molecule is O=Cc1c(Cl)ncnc1NCc1cccnn1. The first-order valence-electron chi connectivity index (χ1n) is 4.77. The molecule has 2 rings (SSSR count). The molecule has 0 saturated carbocycles. The molecule has 0 saturated heterocycles. The van der Waals surface area contributed by atoms with Gasteiger partial charge in [-0.15, -0.1) is 0 Å². The van der Waals surface area contributed by atoms with E-state index in [1.54, 1.807) is 12.3 Å². The first-order valence-corrected chi connectivity index (χ1v) is 5.15. The molecular weight excluding hydrogens is 242 g/mol. The van der Waals surface area contributed by atoms with Crippen LogP contribution >= 0.6 is 11.6 Å². The summed E-state index contributed by atoms with van der Waals surface area (Å²) in [6.45, 7) is 0.405. The molecule has 0 unspecified atom stereocenters. The van der Waals surface area contributed by atoms with Gasteiger partial charge in [-0.3, -0.25) is 4.79 Å². The number of nitrogens with one attached hydrogen (secondary N) is 1. The fourth-order valence-electron chi connectivity index (χ4n) is 1.22. The van der Waals surface area contributed by atoms with Crippen LogP contribution in [0.3, 0.4) is 0 Å². The Labute approximate surface area is 102 Å². The van der Waals surface area contributed by atoms with Gasteiger partial charge >= 0.3 is 0 Å². The third-order valence-corrected chi connectivity index (χ3v) is 2.32. The molecule has 0 aliphatic rings. The predicted octanol–water partition coefficient (Wildman–Crippen LogP) is 1.34. The number of carbonyl (C=O) groups excluding carboxylic acids is 1. The number of rotatable bonds is 4. The van der Waals surface area contributed by atoms with Crippen LogP contribution in [-0.4, -0.2) is 26.5 Å². The maximum atomic E-state index is 10.8. The minimum atomic E-state index is 0.122. The third kappa shape index (κ3) is 2.73. The maximum Gasteiger partial charge on any atom is 0.156 e. The molecule has 6 nitrogen and oxygen atoms in total. The molecule has 0 aliphatic carbocycles. The predicted molar refractivity (Wildman–Crippen MR) is 61.8 cm³/mol. The second kappa shape index (κ2) is 5.31. The van der Waals surface area contributed by atoms with Crippen LogP contribution < -0.4 is 5.32 Å². The fraction of sp³-hybridized carbons (Fsp3) is 0.100. The van der Waals surface area contributed by atoms with Crippen molar-refractivity contribution in [3.63, 3.8) is 0 Å². The van der Waals surface area contributed by atoms with Crippen molar-refractivity contribution in [3.05, 3.63) is 41.1 Å². The molecule has 7 heteroatoms. The second-order valence-corrected chi connectivity index (χ2v) is 3.47. The van der Waals surface area contributed by atoms with Gasteiger partial charge in [-0.05, 0) is 12.1 Å². The van der Waals surface area contributed by atoms with Crippen LogP contribution in [0.4, 0.5) is 5.82 Å². The Kier molecular flexibility index (Phi) is 3.56. The Morgan fingerprint density at radius 2 is 2.29 bits per heavy atom. The van der Waals surface area contributed by atoms with E-state index < -0.39 is 0 Å². The topological polar surface area (TPSA) is 80.7 Å². The molecule has 0 radical (unpaired) electrons. The number of halogens is 1. The summed E-state index contributed by atoms with van der Waals surface area (Å²) in [7, 11) is 0. The van der Waals surface area contributed by atoms with Crippen molar-refractivity contribution < 1.29 is 4.79 Å². The summed E-state index contributed by atoms with van der Waals surface area (Å²) in [4.78, 5) is 18.5. The largest absolute Gasteiger partial charge is 0.364 e. The molecule has 0 atom stereocenters. The van der Waals surface area contributed by atoms with Crippen molar-refractivity contribution in [1.82, 2.24) is 20.2 Å². The highest BCUT2D eigenvalue weighted by Crippen LogP contribution is 2.17. The molecule has 2 aromatic heterocycles. The first kappa shape index (κ1) is 11.4. The zero-order valence-electron chi connectivity index (χ0n) is 8.67. The average Bonchev–Trinajstić information content (AvgIpc) is 2.37. The lowest BCUT2D eigenvalue weighted by Crippen LogP contribution is -2.07. The zero-order valence-corrected chi connectivity index (χ0v) is 9.42. The van der Waals surface area contributed by atoms with Gasteiger partial charge in [-0.25, -0.2) is 9.97 Å². The second-order valence-electron chi connectivity index (χ2n) is 3.11. The van der Waals surface area contributed by atoms with E-state index in [-0.39, 0.29) is 10.7 Å². The number of aldehydes is 1. The molecule has 86 valence electrons. The van der Waals surface area contributed by atoms with Gasteiger partial charge in [0.05, 0.1) is 17.8 Å². The highest BCUT2D eigenvalue weighted by molar-refractivity contribution is 6.32. The third-order valence-electron chi connectivity index (χ3n) is 2.02. The Balaban J connectivity index is 2.14. The van der Waals surface area contributed by atoms with Crippen LogP contribution in [0.1, 0.15) is 16.1 Å². The fourth-order valence-corrected chi connectivity index (χ4v) is 1.40. The Morgan fingerprint density at radius 3 is 3.00 bits per heavy atom. The minimum absolute atomic E-state index is 0.122. The Hall–Kier alpha value is -2.08. The molecular formula is C10H8ClN5O. The van der Waals surface area contributed by atoms with Crippen LogP contribution in [-0.2, 0) is 6.54 Å². The molecule has 0 spiro atoms. The summed E-state index contributed by atoms with van der Waals surface area (Å²) < 4.78 is 0. The summed E-state index contributed by atoms with van der Waals surface area (Å²) in [5, 5.41) is 10.7. The van der Waals surface area contributed by atoms with Crippen molar-refractivity contribution in [2.24, 2.45) is 0 Å². The van der Waals surface area contributed by atoms with Gasteiger partial charge in [-0.2, -0.15) is 10.2 Å². The Bertz CT molecular complexity index is 519. The lowest BCUT2D eigenvalue weighted by molar-refractivity contribution is 0.112. The highest BCUT2D eigenvalue weighted by Gasteiger charge is 2.08. The zero-order chi connectivity index (χ0) is 12.1. The van der Waals surface area contributed by atoms with Crippen molar-refractivity contribution >= 4 is 23.7 Å². The quantitative estimate of drug-likeness (QED) is 0.651. The molecule has 0 aliphatic heterocycles. The van der Waals surface area contributed by atoms with Gasteiger partial charge < -0.3 is 5.32 Å². The van der Waals surface area contributed by atoms with E-state index in [1.807, 2.05) is 6.07 Å². The van der Waals surface area contributed by atoms with Gasteiger partial charge in [0, 0.05) is 6.20 Å². The van der Waals surface area contributed by atoms with Crippen LogP contribution in [0.5, 0.6) is 0 Å². The summed E-state index contributed by atoms with van der Waals surface area (Å²) in [5.74, 6) is 0.380. The van der Waals surface area contributed by atoms with Gasteiger partial charge in [0.25, 0.3) is 0 Å². The summed E-state index contributed by atoms with van der Waals surface area (Å²) in [5.41, 5.74) is 0.970. The standard InChI is InChI=1S/C10H8ClN5O/c11-9-8(5-17)10(14-6-13-9)12-4-7-2-1-3-15-16-7/h1-3,5-6H,4H2,(H,12,13,14). The molecule has 1 N–H and O–H groups in total. The average molecular weight is 250 g/mol. The number of carbonyl (C=O) groups is 1. The first-order chi connectivity index (χ1) is 8.31. The van der Waals surface area contributed by atoms with E-state index >= 15 is 0 Å². The van der Waals surface area contributed by atoms with Crippen molar-refractivity contribution in [2.75, 3.05) is 5.32 Å². The Morgan fingerprint density at radius 1 is 1.41 bits per heavy atom. The monoisotopic (exact) mass is 249 g/mol. The van der Waals surface area contributed by atoms with E-state index in [9.17, 15) is 4.79 Å². The van der Waals surface area contributed by atoms with Crippen LogP contribution in [0.25, 0.3) is 0 Å².